The number of hydrogen-bond acceptors (Lipinski definition) is 2. The highest BCUT2D eigenvalue weighted by Crippen LogP contribution is 1.96. The molecule has 3 heteroatoms. The molecule has 0 spiro atoms. The van der Waals surface area contributed by atoms with Gasteiger partial charge in [-0.25, -0.2) is 0 Å². The average molecular weight is 131 g/mol. The molecule has 0 heterocycles. The number of carbonyl (C=O) groups excluding carboxylic acids is 1. The summed E-state index contributed by atoms with van der Waals surface area (Å²) in [6, 6.07) is 0. The van der Waals surface area contributed by atoms with Gasteiger partial charge in [-0.2, -0.15) is 0 Å². The quantitative estimate of drug-likeness (QED) is 0.522. The van der Waals surface area contributed by atoms with E-state index < -0.39 is 6.61 Å². The van der Waals surface area contributed by atoms with Gasteiger partial charge in [0.1, 0.15) is 6.61 Å². The summed E-state index contributed by atoms with van der Waals surface area (Å²) < 4.78 is 0. The van der Waals surface area contributed by atoms with Gasteiger partial charge in [0.25, 0.3) is 0 Å². The Bertz CT molecular complexity index is 104. The second-order valence-corrected chi connectivity index (χ2v) is 2.96. The smallest absolute Gasteiger partial charge is 0.246 e. The van der Waals surface area contributed by atoms with E-state index in [9.17, 15) is 4.79 Å². The van der Waals surface area contributed by atoms with Crippen LogP contribution in [0.2, 0.25) is 0 Å². The summed E-state index contributed by atoms with van der Waals surface area (Å²) >= 11 is 0. The van der Waals surface area contributed by atoms with Crippen molar-refractivity contribution in [2.45, 2.75) is 26.3 Å². The Kier molecular flexibility index (Phi) is 2.65. The van der Waals surface area contributed by atoms with E-state index in [0.717, 1.165) is 0 Å². The van der Waals surface area contributed by atoms with Crippen LogP contribution in [0.1, 0.15) is 20.8 Å². The van der Waals surface area contributed by atoms with Crippen molar-refractivity contribution in [2.75, 3.05) is 6.61 Å². The lowest BCUT2D eigenvalue weighted by molar-refractivity contribution is -0.125. The molecule has 0 unspecified atom stereocenters. The zero-order valence-electron chi connectivity index (χ0n) is 6.06. The second kappa shape index (κ2) is 2.82. The lowest BCUT2D eigenvalue weighted by Gasteiger charge is -2.19. The number of aliphatic hydroxyl groups is 1. The molecule has 0 atom stereocenters. The summed E-state index contributed by atoms with van der Waals surface area (Å²) in [6.07, 6.45) is 0. The standard InChI is InChI=1S/C6H13NO2/c1-6(2,3)7-5(9)4-8/h8H,4H2,1-3H3,(H,7,9). The van der Waals surface area contributed by atoms with E-state index in [2.05, 4.69) is 5.32 Å². The van der Waals surface area contributed by atoms with Gasteiger partial charge in [0.15, 0.2) is 0 Å². The van der Waals surface area contributed by atoms with Gasteiger partial charge in [-0.05, 0) is 20.8 Å². The van der Waals surface area contributed by atoms with Crippen molar-refractivity contribution >= 4 is 5.91 Å². The number of amides is 1. The van der Waals surface area contributed by atoms with Crippen LogP contribution in [0.5, 0.6) is 0 Å². The van der Waals surface area contributed by atoms with Crippen molar-refractivity contribution in [2.24, 2.45) is 0 Å². The monoisotopic (exact) mass is 131 g/mol. The van der Waals surface area contributed by atoms with Crippen LogP contribution in [0.25, 0.3) is 0 Å². The van der Waals surface area contributed by atoms with Crippen molar-refractivity contribution in [3.8, 4) is 0 Å². The maximum atomic E-state index is 10.5. The summed E-state index contributed by atoms with van der Waals surface area (Å²) in [5.41, 5.74) is -0.236. The van der Waals surface area contributed by atoms with Crippen molar-refractivity contribution < 1.29 is 9.90 Å². The zero-order chi connectivity index (χ0) is 7.49. The van der Waals surface area contributed by atoms with Gasteiger partial charge in [0.2, 0.25) is 5.91 Å². The van der Waals surface area contributed by atoms with E-state index in [1.54, 1.807) is 0 Å². The van der Waals surface area contributed by atoms with Crippen molar-refractivity contribution in [3.05, 3.63) is 0 Å². The number of carbonyl (C=O) groups is 1. The molecule has 0 fully saturated rings. The first-order valence-corrected chi connectivity index (χ1v) is 2.87. The summed E-state index contributed by atoms with van der Waals surface area (Å²) in [5, 5.41) is 10.9. The Balaban J connectivity index is 3.60. The van der Waals surface area contributed by atoms with Crippen LogP contribution in [0.4, 0.5) is 0 Å². The third kappa shape index (κ3) is 5.30. The SMILES string of the molecule is CC(C)(C)NC(=O)CO. The third-order valence-corrected chi connectivity index (χ3v) is 0.658. The topological polar surface area (TPSA) is 49.3 Å². The van der Waals surface area contributed by atoms with Crippen molar-refractivity contribution in [1.82, 2.24) is 5.32 Å². The molecule has 0 bridgehead atoms. The van der Waals surface area contributed by atoms with Crippen LogP contribution in [0.3, 0.4) is 0 Å². The predicted octanol–water partition coefficient (Wildman–Crippen LogP) is -0.107. The van der Waals surface area contributed by atoms with Gasteiger partial charge < -0.3 is 10.4 Å². The third-order valence-electron chi connectivity index (χ3n) is 0.658. The van der Waals surface area contributed by atoms with Gasteiger partial charge in [-0.15, -0.1) is 0 Å². The van der Waals surface area contributed by atoms with Crippen molar-refractivity contribution in [1.29, 1.82) is 0 Å². The van der Waals surface area contributed by atoms with Crippen LogP contribution in [0.15, 0.2) is 0 Å². The summed E-state index contributed by atoms with van der Waals surface area (Å²) in [6.45, 7) is 5.15. The fourth-order valence-electron chi connectivity index (χ4n) is 0.458. The van der Waals surface area contributed by atoms with E-state index >= 15 is 0 Å². The molecule has 0 aromatic rings. The first kappa shape index (κ1) is 8.43. The molecule has 54 valence electrons. The Morgan fingerprint density at radius 2 is 2.00 bits per heavy atom. The summed E-state index contributed by atoms with van der Waals surface area (Å²) in [5.74, 6) is -0.331. The van der Waals surface area contributed by atoms with Crippen LogP contribution >= 0.6 is 0 Å². The predicted molar refractivity (Wildman–Crippen MR) is 35.0 cm³/mol. The molecule has 0 radical (unpaired) electrons. The maximum Gasteiger partial charge on any atom is 0.246 e. The van der Waals surface area contributed by atoms with E-state index in [4.69, 9.17) is 5.11 Å². The molecule has 2 N–H and O–H groups in total. The highest BCUT2D eigenvalue weighted by Gasteiger charge is 2.11. The number of aliphatic hydroxyl groups excluding tert-OH is 1. The number of rotatable bonds is 1. The molecule has 0 aliphatic carbocycles. The Labute approximate surface area is 55.1 Å². The first-order valence-electron chi connectivity index (χ1n) is 2.87. The molecule has 9 heavy (non-hydrogen) atoms. The maximum absolute atomic E-state index is 10.5. The molecular formula is C6H13NO2. The van der Waals surface area contributed by atoms with Gasteiger partial charge in [0.05, 0.1) is 0 Å². The van der Waals surface area contributed by atoms with E-state index in [0.29, 0.717) is 0 Å². The summed E-state index contributed by atoms with van der Waals surface area (Å²) in [4.78, 5) is 10.5. The minimum atomic E-state index is -0.433. The molecule has 0 saturated carbocycles. The van der Waals surface area contributed by atoms with Gasteiger partial charge in [-0.3, -0.25) is 4.79 Å². The number of nitrogens with one attached hydrogen (secondary N) is 1. The normalized spacial score (nSPS) is 11.1. The average Bonchev–Trinajstić information content (AvgIpc) is 1.62. The molecule has 0 aromatic heterocycles. The molecule has 0 aromatic carbocycles. The lowest BCUT2D eigenvalue weighted by atomic mass is 10.1. The van der Waals surface area contributed by atoms with E-state index in [1.807, 2.05) is 20.8 Å². The van der Waals surface area contributed by atoms with Gasteiger partial charge >= 0.3 is 0 Å². The van der Waals surface area contributed by atoms with Gasteiger partial charge in [-0.1, -0.05) is 0 Å². The van der Waals surface area contributed by atoms with E-state index in [1.165, 1.54) is 0 Å². The van der Waals surface area contributed by atoms with Crippen LogP contribution < -0.4 is 5.32 Å². The van der Waals surface area contributed by atoms with Crippen LogP contribution in [0, 0.1) is 0 Å². The molecular weight excluding hydrogens is 118 g/mol. The highest BCUT2D eigenvalue weighted by molar-refractivity contribution is 5.77. The number of hydrogen-bond donors (Lipinski definition) is 2. The molecule has 0 aliphatic heterocycles. The fraction of sp³-hybridized carbons (Fsp3) is 0.833. The summed E-state index contributed by atoms with van der Waals surface area (Å²) in [7, 11) is 0. The van der Waals surface area contributed by atoms with Gasteiger partial charge in [0, 0.05) is 5.54 Å². The first-order chi connectivity index (χ1) is 3.95. The Morgan fingerprint density at radius 1 is 1.56 bits per heavy atom. The fourth-order valence-corrected chi connectivity index (χ4v) is 0.458. The second-order valence-electron chi connectivity index (χ2n) is 2.96. The molecule has 0 rings (SSSR count). The molecule has 0 saturated heterocycles. The van der Waals surface area contributed by atoms with Crippen molar-refractivity contribution in [3.63, 3.8) is 0 Å². The highest BCUT2D eigenvalue weighted by atomic mass is 16.3. The lowest BCUT2D eigenvalue weighted by Crippen LogP contribution is -2.41. The minimum Gasteiger partial charge on any atom is -0.387 e. The molecule has 3 nitrogen and oxygen atoms in total. The Morgan fingerprint density at radius 3 is 2.11 bits per heavy atom. The largest absolute Gasteiger partial charge is 0.387 e. The zero-order valence-corrected chi connectivity index (χ0v) is 6.06. The van der Waals surface area contributed by atoms with Crippen LogP contribution in [-0.4, -0.2) is 23.2 Å². The minimum absolute atomic E-state index is 0.236. The van der Waals surface area contributed by atoms with Crippen LogP contribution in [-0.2, 0) is 4.79 Å². The molecule has 1 amide bonds. The Hall–Kier alpha value is -0.570. The molecule has 0 aliphatic rings. The van der Waals surface area contributed by atoms with E-state index in [-0.39, 0.29) is 11.4 Å².